The lowest BCUT2D eigenvalue weighted by atomic mass is 10.2. The summed E-state index contributed by atoms with van der Waals surface area (Å²) in [5.74, 6) is -0.406. The molecule has 1 aromatic carbocycles. The van der Waals surface area contributed by atoms with Gasteiger partial charge in [0.2, 0.25) is 0 Å². The number of benzene rings is 1. The van der Waals surface area contributed by atoms with Gasteiger partial charge in [0, 0.05) is 11.8 Å². The van der Waals surface area contributed by atoms with E-state index in [1.807, 2.05) is 6.07 Å². The Morgan fingerprint density at radius 3 is 2.83 bits per heavy atom. The van der Waals surface area contributed by atoms with Crippen LogP contribution >= 0.6 is 11.3 Å². The molecule has 0 aliphatic carbocycles. The molecule has 0 radical (unpaired) electrons. The molecule has 0 aliphatic rings. The molecule has 0 saturated carbocycles. The molecule has 0 bridgehead atoms. The molecule has 122 valence electrons. The molecule has 6 nitrogen and oxygen atoms in total. The molecular weight excluding hydrogens is 326 g/mol. The second kappa shape index (κ2) is 7.18. The number of esters is 1. The number of pyridine rings is 1. The maximum absolute atomic E-state index is 12.9. The zero-order valence-corrected chi connectivity index (χ0v) is 13.8. The maximum Gasteiger partial charge on any atom is 0.326 e. The largest absolute Gasteiger partial charge is 0.465 e. The molecule has 2 aromatic heterocycles. The van der Waals surface area contributed by atoms with Crippen molar-refractivity contribution in [3.63, 3.8) is 0 Å². The number of carbonyl (C=O) groups excluding carboxylic acids is 2. The molecule has 2 heterocycles. The number of hydrogen-bond acceptors (Lipinski definition) is 6. The molecule has 3 aromatic rings. The monoisotopic (exact) mass is 341 g/mol. The highest BCUT2D eigenvalue weighted by Gasteiger charge is 2.22. The lowest BCUT2D eigenvalue weighted by Gasteiger charge is -2.20. The van der Waals surface area contributed by atoms with Crippen LogP contribution in [0.25, 0.3) is 10.2 Å². The van der Waals surface area contributed by atoms with Crippen LogP contribution in [0.4, 0.5) is 5.82 Å². The summed E-state index contributed by atoms with van der Waals surface area (Å²) in [5.41, 5.74) is 2.93. The van der Waals surface area contributed by atoms with E-state index in [2.05, 4.69) is 9.97 Å². The third-order valence-electron chi connectivity index (χ3n) is 3.34. The van der Waals surface area contributed by atoms with Gasteiger partial charge in [-0.2, -0.15) is 0 Å². The van der Waals surface area contributed by atoms with Crippen LogP contribution < -0.4 is 4.90 Å². The molecule has 0 aliphatic heterocycles. The van der Waals surface area contributed by atoms with Gasteiger partial charge in [0.25, 0.3) is 5.91 Å². The Morgan fingerprint density at radius 1 is 1.21 bits per heavy atom. The first-order valence-corrected chi connectivity index (χ1v) is 8.28. The first kappa shape index (κ1) is 16.1. The van der Waals surface area contributed by atoms with Crippen LogP contribution in [-0.4, -0.2) is 35.0 Å². The van der Waals surface area contributed by atoms with Gasteiger partial charge in [-0.05, 0) is 37.3 Å². The summed E-state index contributed by atoms with van der Waals surface area (Å²) in [7, 11) is 0. The number of aromatic nitrogens is 2. The van der Waals surface area contributed by atoms with E-state index in [4.69, 9.17) is 4.74 Å². The number of nitrogens with zero attached hydrogens (tertiary/aromatic N) is 3. The summed E-state index contributed by atoms with van der Waals surface area (Å²) in [5, 5.41) is 0. The van der Waals surface area contributed by atoms with Crippen molar-refractivity contribution in [1.29, 1.82) is 0 Å². The van der Waals surface area contributed by atoms with Gasteiger partial charge in [-0.3, -0.25) is 14.5 Å². The molecule has 1 amide bonds. The summed E-state index contributed by atoms with van der Waals surface area (Å²) in [4.78, 5) is 34.5. The van der Waals surface area contributed by atoms with Crippen molar-refractivity contribution in [3.05, 3.63) is 53.7 Å². The minimum Gasteiger partial charge on any atom is -0.465 e. The second-order valence-electron chi connectivity index (χ2n) is 4.92. The topological polar surface area (TPSA) is 72.4 Å². The van der Waals surface area contributed by atoms with Gasteiger partial charge in [0.1, 0.15) is 12.4 Å². The number of anilines is 1. The molecular formula is C17H15N3O3S. The Balaban J connectivity index is 1.94. The highest BCUT2D eigenvalue weighted by Crippen LogP contribution is 2.21. The van der Waals surface area contributed by atoms with Gasteiger partial charge in [0.15, 0.2) is 0 Å². The van der Waals surface area contributed by atoms with E-state index in [9.17, 15) is 9.59 Å². The average molecular weight is 341 g/mol. The third kappa shape index (κ3) is 3.41. The fourth-order valence-electron chi connectivity index (χ4n) is 2.25. The van der Waals surface area contributed by atoms with Crippen molar-refractivity contribution >= 4 is 39.2 Å². The summed E-state index contributed by atoms with van der Waals surface area (Å²) >= 11 is 1.51. The van der Waals surface area contributed by atoms with Crippen LogP contribution in [0.3, 0.4) is 0 Å². The molecule has 7 heteroatoms. The number of carbonyl (C=O) groups is 2. The fourth-order valence-corrected chi connectivity index (χ4v) is 2.91. The predicted octanol–water partition coefficient (Wildman–Crippen LogP) is 2.90. The van der Waals surface area contributed by atoms with Crippen molar-refractivity contribution < 1.29 is 14.3 Å². The van der Waals surface area contributed by atoms with Crippen molar-refractivity contribution in [2.75, 3.05) is 18.1 Å². The number of thiazole rings is 1. The fraction of sp³-hybridized carbons (Fsp3) is 0.176. The molecule has 0 spiro atoms. The number of fused-ring (bicyclic) bond motifs is 1. The van der Waals surface area contributed by atoms with Gasteiger partial charge in [-0.1, -0.05) is 6.07 Å². The molecule has 24 heavy (non-hydrogen) atoms. The number of ether oxygens (including phenoxy) is 1. The van der Waals surface area contributed by atoms with Gasteiger partial charge in [-0.15, -0.1) is 11.3 Å². The van der Waals surface area contributed by atoms with Crippen LogP contribution in [0.1, 0.15) is 17.3 Å². The molecule has 3 rings (SSSR count). The van der Waals surface area contributed by atoms with Crippen molar-refractivity contribution in [3.8, 4) is 0 Å². The quantitative estimate of drug-likeness (QED) is 0.667. The van der Waals surface area contributed by atoms with E-state index >= 15 is 0 Å². The minimum absolute atomic E-state index is 0.196. The molecule has 0 unspecified atom stereocenters. The molecule has 0 saturated heterocycles. The molecule has 0 atom stereocenters. The normalized spacial score (nSPS) is 10.5. The number of rotatable bonds is 5. The summed E-state index contributed by atoms with van der Waals surface area (Å²) in [6, 6.07) is 10.5. The van der Waals surface area contributed by atoms with Crippen LogP contribution in [0.2, 0.25) is 0 Å². The van der Waals surface area contributed by atoms with E-state index in [0.29, 0.717) is 11.4 Å². The standard InChI is InChI=1S/C17H15N3O3S/c1-2-23-16(21)10-20(15-5-3-4-8-18-15)17(22)12-6-7-14-13(9-12)19-11-24-14/h3-9,11H,2,10H2,1H3. The van der Waals surface area contributed by atoms with Gasteiger partial charge < -0.3 is 4.74 Å². The Hall–Kier alpha value is -2.80. The first-order valence-electron chi connectivity index (χ1n) is 7.41. The second-order valence-corrected chi connectivity index (χ2v) is 5.81. The Bertz CT molecular complexity index is 864. The first-order chi connectivity index (χ1) is 11.7. The van der Waals surface area contributed by atoms with E-state index < -0.39 is 5.97 Å². The minimum atomic E-state index is -0.480. The van der Waals surface area contributed by atoms with Gasteiger partial charge in [0.05, 0.1) is 22.3 Å². The van der Waals surface area contributed by atoms with Gasteiger partial charge >= 0.3 is 5.97 Å². The average Bonchev–Trinajstić information content (AvgIpc) is 3.08. The predicted molar refractivity (Wildman–Crippen MR) is 92.2 cm³/mol. The highest BCUT2D eigenvalue weighted by molar-refractivity contribution is 7.16. The van der Waals surface area contributed by atoms with Crippen LogP contribution in [-0.2, 0) is 9.53 Å². The smallest absolute Gasteiger partial charge is 0.326 e. The van der Waals surface area contributed by atoms with Crippen molar-refractivity contribution in [2.45, 2.75) is 6.92 Å². The van der Waals surface area contributed by atoms with E-state index in [-0.39, 0.29) is 19.1 Å². The summed E-state index contributed by atoms with van der Waals surface area (Å²) in [6.45, 7) is 1.79. The third-order valence-corrected chi connectivity index (χ3v) is 4.15. The summed E-state index contributed by atoms with van der Waals surface area (Å²) < 4.78 is 5.97. The Kier molecular flexibility index (Phi) is 4.81. The molecule has 0 fully saturated rings. The lowest BCUT2D eigenvalue weighted by molar-refractivity contribution is -0.141. The maximum atomic E-state index is 12.9. The summed E-state index contributed by atoms with van der Waals surface area (Å²) in [6.07, 6.45) is 1.57. The van der Waals surface area contributed by atoms with Crippen LogP contribution in [0.5, 0.6) is 0 Å². The zero-order chi connectivity index (χ0) is 16.9. The van der Waals surface area contributed by atoms with E-state index in [1.165, 1.54) is 16.2 Å². The number of amides is 1. The van der Waals surface area contributed by atoms with E-state index in [1.54, 1.807) is 49.0 Å². The Morgan fingerprint density at radius 2 is 2.08 bits per heavy atom. The zero-order valence-electron chi connectivity index (χ0n) is 13.0. The Labute approximate surface area is 142 Å². The number of hydrogen-bond donors (Lipinski definition) is 0. The highest BCUT2D eigenvalue weighted by atomic mass is 32.1. The van der Waals surface area contributed by atoms with Crippen molar-refractivity contribution in [2.24, 2.45) is 0 Å². The van der Waals surface area contributed by atoms with Crippen molar-refractivity contribution in [1.82, 2.24) is 9.97 Å². The van der Waals surface area contributed by atoms with Gasteiger partial charge in [-0.25, -0.2) is 9.97 Å². The lowest BCUT2D eigenvalue weighted by Crippen LogP contribution is -2.37. The van der Waals surface area contributed by atoms with E-state index in [0.717, 1.165) is 10.2 Å². The SMILES string of the molecule is CCOC(=O)CN(C(=O)c1ccc2scnc2c1)c1ccccn1. The molecule has 0 N–H and O–H groups in total. The van der Waals surface area contributed by atoms with Crippen LogP contribution in [0.15, 0.2) is 48.1 Å². The van der Waals surface area contributed by atoms with Crippen LogP contribution in [0, 0.1) is 0 Å².